The predicted octanol–water partition coefficient (Wildman–Crippen LogP) is 3.06. The van der Waals surface area contributed by atoms with Gasteiger partial charge in [-0.25, -0.2) is 4.79 Å². The summed E-state index contributed by atoms with van der Waals surface area (Å²) in [6.45, 7) is 1.82. The minimum atomic E-state index is -0.880. The van der Waals surface area contributed by atoms with Crippen LogP contribution in [0.2, 0.25) is 0 Å². The number of allylic oxidation sites excluding steroid dienone is 3. The second-order valence-corrected chi connectivity index (χ2v) is 3.68. The molecule has 0 aromatic heterocycles. The lowest BCUT2D eigenvalue weighted by Gasteiger charge is -2.00. The normalized spacial score (nSPS) is 13.0. The van der Waals surface area contributed by atoms with E-state index >= 15 is 0 Å². The van der Waals surface area contributed by atoms with Crippen LogP contribution in [0.3, 0.4) is 0 Å². The maximum absolute atomic E-state index is 11.0. The Morgan fingerprint density at radius 2 is 2.13 bits per heavy atom. The van der Waals surface area contributed by atoms with Crippen LogP contribution < -0.4 is 0 Å². The SMILES string of the molecule is C/C=C/C=C/C(=O)O/N=C(\CCl)C(Cl)Cl. The standard InChI is InChI=1S/C9H10Cl3NO2/c1-2-3-4-5-8(14)15-13-7(6-10)9(11)12/h2-5,9H,6H2,1H3/b3-2+,5-4+,13-7+. The third-order valence-electron chi connectivity index (χ3n) is 1.18. The second-order valence-electron chi connectivity index (χ2n) is 2.31. The molecule has 0 aromatic rings. The first-order chi connectivity index (χ1) is 7.11. The number of carbonyl (C=O) groups is 1. The van der Waals surface area contributed by atoms with Gasteiger partial charge in [0.1, 0.15) is 10.5 Å². The van der Waals surface area contributed by atoms with Gasteiger partial charge in [-0.2, -0.15) is 0 Å². The molecule has 0 N–H and O–H groups in total. The highest BCUT2D eigenvalue weighted by Gasteiger charge is 2.09. The fourth-order valence-corrected chi connectivity index (χ4v) is 1.10. The number of alkyl halides is 3. The summed E-state index contributed by atoms with van der Waals surface area (Å²) in [6, 6.07) is 0. The van der Waals surface area contributed by atoms with Gasteiger partial charge in [0, 0.05) is 6.08 Å². The van der Waals surface area contributed by atoms with Gasteiger partial charge in [-0.15, -0.1) is 11.6 Å². The summed E-state index contributed by atoms with van der Waals surface area (Å²) in [7, 11) is 0. The van der Waals surface area contributed by atoms with Crippen LogP contribution in [0, 0.1) is 0 Å². The number of carbonyl (C=O) groups excluding carboxylic acids is 1. The molecule has 15 heavy (non-hydrogen) atoms. The van der Waals surface area contributed by atoms with Gasteiger partial charge >= 0.3 is 5.97 Å². The Morgan fingerprint density at radius 1 is 1.47 bits per heavy atom. The van der Waals surface area contributed by atoms with Crippen LogP contribution in [-0.4, -0.2) is 22.4 Å². The Kier molecular flexibility index (Phi) is 8.47. The molecule has 0 aliphatic rings. The van der Waals surface area contributed by atoms with E-state index in [0.717, 1.165) is 0 Å². The lowest BCUT2D eigenvalue weighted by Crippen LogP contribution is -2.11. The van der Waals surface area contributed by atoms with E-state index in [1.54, 1.807) is 12.2 Å². The smallest absolute Gasteiger partial charge is 0.313 e. The second kappa shape index (κ2) is 8.77. The average molecular weight is 271 g/mol. The van der Waals surface area contributed by atoms with Crippen LogP contribution in [0.25, 0.3) is 0 Å². The Bertz CT molecular complexity index is 285. The quantitative estimate of drug-likeness (QED) is 0.192. The van der Waals surface area contributed by atoms with E-state index in [1.807, 2.05) is 6.92 Å². The van der Waals surface area contributed by atoms with Gasteiger partial charge in [0.15, 0.2) is 0 Å². The molecule has 6 heteroatoms. The molecule has 0 unspecified atom stereocenters. The van der Waals surface area contributed by atoms with Crippen molar-refractivity contribution in [1.29, 1.82) is 0 Å². The average Bonchev–Trinajstić information content (AvgIpc) is 2.18. The van der Waals surface area contributed by atoms with Gasteiger partial charge in [-0.3, -0.25) is 0 Å². The highest BCUT2D eigenvalue weighted by Crippen LogP contribution is 2.06. The molecule has 0 aromatic carbocycles. The monoisotopic (exact) mass is 269 g/mol. The Labute approximate surface area is 103 Å². The number of halogens is 3. The largest absolute Gasteiger partial charge is 0.358 e. The number of nitrogens with zero attached hydrogens (tertiary/aromatic N) is 1. The molecule has 0 aliphatic heterocycles. The molecule has 0 heterocycles. The molecule has 0 radical (unpaired) electrons. The van der Waals surface area contributed by atoms with E-state index in [-0.39, 0.29) is 11.6 Å². The van der Waals surface area contributed by atoms with E-state index in [0.29, 0.717) is 0 Å². The van der Waals surface area contributed by atoms with Crippen molar-refractivity contribution in [2.75, 3.05) is 5.88 Å². The Morgan fingerprint density at radius 3 is 2.60 bits per heavy atom. The van der Waals surface area contributed by atoms with Crippen LogP contribution in [0.4, 0.5) is 0 Å². The minimum Gasteiger partial charge on any atom is -0.313 e. The van der Waals surface area contributed by atoms with E-state index in [1.165, 1.54) is 12.2 Å². The molecule has 0 bridgehead atoms. The van der Waals surface area contributed by atoms with Crippen LogP contribution >= 0.6 is 34.8 Å². The first-order valence-corrected chi connectivity index (χ1v) is 5.43. The highest BCUT2D eigenvalue weighted by molar-refractivity contribution is 6.56. The fraction of sp³-hybridized carbons (Fsp3) is 0.333. The highest BCUT2D eigenvalue weighted by atomic mass is 35.5. The number of hydrogen-bond acceptors (Lipinski definition) is 3. The molecule has 0 spiro atoms. The van der Waals surface area contributed by atoms with Crippen molar-refractivity contribution in [3.05, 3.63) is 24.3 Å². The van der Waals surface area contributed by atoms with Crippen molar-refractivity contribution in [1.82, 2.24) is 0 Å². The molecule has 0 atom stereocenters. The zero-order chi connectivity index (χ0) is 11.7. The summed E-state index contributed by atoms with van der Waals surface area (Å²) < 4.78 is 0. The van der Waals surface area contributed by atoms with Crippen LogP contribution in [0.5, 0.6) is 0 Å². The zero-order valence-corrected chi connectivity index (χ0v) is 10.3. The van der Waals surface area contributed by atoms with Crippen LogP contribution in [-0.2, 0) is 9.63 Å². The third-order valence-corrected chi connectivity index (χ3v) is 1.96. The van der Waals surface area contributed by atoms with E-state index in [9.17, 15) is 4.79 Å². The maximum atomic E-state index is 11.0. The van der Waals surface area contributed by atoms with Gasteiger partial charge in [0.05, 0.1) is 5.88 Å². The summed E-state index contributed by atoms with van der Waals surface area (Å²) >= 11 is 16.4. The molecule has 0 saturated heterocycles. The van der Waals surface area contributed by atoms with Crippen molar-refractivity contribution < 1.29 is 9.63 Å². The minimum absolute atomic E-state index is 0.00350. The summed E-state index contributed by atoms with van der Waals surface area (Å²) in [5.74, 6) is -0.617. The van der Waals surface area contributed by atoms with E-state index < -0.39 is 10.8 Å². The van der Waals surface area contributed by atoms with Crippen LogP contribution in [0.15, 0.2) is 29.5 Å². The van der Waals surface area contributed by atoms with Crippen molar-refractivity contribution >= 4 is 46.5 Å². The predicted molar refractivity (Wildman–Crippen MR) is 63.7 cm³/mol. The number of hydrogen-bond donors (Lipinski definition) is 0. The third kappa shape index (κ3) is 7.42. The Balaban J connectivity index is 4.18. The van der Waals surface area contributed by atoms with Crippen molar-refractivity contribution in [3.8, 4) is 0 Å². The molecule has 0 rings (SSSR count). The molecule has 3 nitrogen and oxygen atoms in total. The molecule has 0 aliphatic carbocycles. The Hall–Kier alpha value is -0.510. The summed E-state index contributed by atoms with van der Waals surface area (Å²) in [5, 5.41) is 3.42. The summed E-state index contributed by atoms with van der Waals surface area (Å²) in [4.78, 5) is 14.6. The summed E-state index contributed by atoms with van der Waals surface area (Å²) in [5.41, 5.74) is 0.188. The van der Waals surface area contributed by atoms with Crippen molar-refractivity contribution in [3.63, 3.8) is 0 Å². The molecular weight excluding hydrogens is 260 g/mol. The van der Waals surface area contributed by atoms with Crippen molar-refractivity contribution in [2.45, 2.75) is 11.8 Å². The van der Waals surface area contributed by atoms with E-state index in [4.69, 9.17) is 34.8 Å². The lowest BCUT2D eigenvalue weighted by atomic mass is 10.4. The van der Waals surface area contributed by atoms with Crippen LogP contribution in [0.1, 0.15) is 6.92 Å². The van der Waals surface area contributed by atoms with Crippen molar-refractivity contribution in [2.24, 2.45) is 5.16 Å². The lowest BCUT2D eigenvalue weighted by molar-refractivity contribution is -0.137. The van der Waals surface area contributed by atoms with Gasteiger partial charge in [0.2, 0.25) is 0 Å². The first-order valence-electron chi connectivity index (χ1n) is 4.03. The topological polar surface area (TPSA) is 38.7 Å². The summed E-state index contributed by atoms with van der Waals surface area (Å²) in [6.07, 6.45) is 6.19. The number of oxime groups is 1. The van der Waals surface area contributed by atoms with Gasteiger partial charge in [-0.1, -0.05) is 46.6 Å². The number of rotatable bonds is 5. The molecule has 0 fully saturated rings. The zero-order valence-electron chi connectivity index (χ0n) is 7.99. The van der Waals surface area contributed by atoms with Gasteiger partial charge < -0.3 is 4.84 Å². The van der Waals surface area contributed by atoms with E-state index in [2.05, 4.69) is 9.99 Å². The fourth-order valence-electron chi connectivity index (χ4n) is 0.502. The van der Waals surface area contributed by atoms with Gasteiger partial charge in [-0.05, 0) is 6.92 Å². The molecule has 0 saturated carbocycles. The first kappa shape index (κ1) is 14.5. The van der Waals surface area contributed by atoms with Gasteiger partial charge in [0.25, 0.3) is 0 Å². The maximum Gasteiger partial charge on any atom is 0.358 e. The molecule has 84 valence electrons. The molecular formula is C9H10Cl3NO2. The molecule has 0 amide bonds.